The van der Waals surface area contributed by atoms with Gasteiger partial charge in [0.05, 0.1) is 7.11 Å². The van der Waals surface area contributed by atoms with E-state index in [9.17, 15) is 9.18 Å². The molecule has 0 amide bonds. The summed E-state index contributed by atoms with van der Waals surface area (Å²) in [7, 11) is 1.17. The van der Waals surface area contributed by atoms with Crippen molar-refractivity contribution in [2.45, 2.75) is 0 Å². The van der Waals surface area contributed by atoms with Gasteiger partial charge in [0.15, 0.2) is 11.6 Å². The third-order valence-corrected chi connectivity index (χ3v) is 1.32. The van der Waals surface area contributed by atoms with E-state index in [0.717, 1.165) is 0 Å². The minimum absolute atomic E-state index is 0.204. The molecule has 0 saturated heterocycles. The molecule has 0 aliphatic rings. The quantitative estimate of drug-likeness (QED) is 0.626. The first-order valence-electron chi connectivity index (χ1n) is 3.15. The molecular formula is C7H7FN2O2. The first-order chi connectivity index (χ1) is 5.66. The number of hydrogen-bond acceptors (Lipinski definition) is 4. The summed E-state index contributed by atoms with van der Waals surface area (Å²) in [6.45, 7) is 0. The van der Waals surface area contributed by atoms with Crippen LogP contribution in [0, 0.1) is 5.82 Å². The molecule has 1 aromatic heterocycles. The molecule has 0 radical (unpaired) electrons. The Hall–Kier alpha value is -1.65. The second kappa shape index (κ2) is 3.17. The van der Waals surface area contributed by atoms with Crippen molar-refractivity contribution in [1.82, 2.24) is 4.98 Å². The predicted molar refractivity (Wildman–Crippen MR) is 39.9 cm³/mol. The van der Waals surface area contributed by atoms with Crippen LogP contribution in [0.3, 0.4) is 0 Å². The second-order valence-corrected chi connectivity index (χ2v) is 2.05. The molecule has 0 aliphatic heterocycles. The zero-order chi connectivity index (χ0) is 9.14. The number of hydrogen-bond donors (Lipinski definition) is 1. The molecule has 0 saturated carbocycles. The van der Waals surface area contributed by atoms with Crippen molar-refractivity contribution < 1.29 is 13.9 Å². The number of anilines is 1. The molecule has 0 atom stereocenters. The van der Waals surface area contributed by atoms with E-state index in [2.05, 4.69) is 9.72 Å². The lowest BCUT2D eigenvalue weighted by Crippen LogP contribution is -2.07. The lowest BCUT2D eigenvalue weighted by Gasteiger charge is -2.01. The fourth-order valence-electron chi connectivity index (χ4n) is 0.728. The largest absolute Gasteiger partial charge is 0.465 e. The fourth-order valence-corrected chi connectivity index (χ4v) is 0.728. The number of esters is 1. The number of halogens is 1. The Balaban J connectivity index is 3.16. The summed E-state index contributed by atoms with van der Waals surface area (Å²) in [4.78, 5) is 14.3. The maximum Gasteiger partial charge on any atom is 0.341 e. The average Bonchev–Trinajstić information content (AvgIpc) is 2.08. The van der Waals surface area contributed by atoms with Crippen LogP contribution in [0.15, 0.2) is 12.3 Å². The van der Waals surface area contributed by atoms with Gasteiger partial charge in [-0.3, -0.25) is 0 Å². The Bertz CT molecular complexity index is 314. The van der Waals surface area contributed by atoms with Gasteiger partial charge in [-0.1, -0.05) is 0 Å². The van der Waals surface area contributed by atoms with Gasteiger partial charge in [-0.05, 0) is 6.07 Å². The number of nitrogens with two attached hydrogens (primary N) is 1. The summed E-state index contributed by atoms with van der Waals surface area (Å²) < 4.78 is 17.3. The second-order valence-electron chi connectivity index (χ2n) is 2.05. The number of carbonyl (C=O) groups excluding carboxylic acids is 1. The van der Waals surface area contributed by atoms with E-state index in [4.69, 9.17) is 5.73 Å². The highest BCUT2D eigenvalue weighted by molar-refractivity contribution is 5.90. The van der Waals surface area contributed by atoms with E-state index >= 15 is 0 Å². The number of nitrogens with zero attached hydrogens (tertiary/aromatic N) is 1. The number of rotatable bonds is 1. The van der Waals surface area contributed by atoms with Crippen molar-refractivity contribution in [3.8, 4) is 0 Å². The minimum atomic E-state index is -0.843. The number of methoxy groups -OCH3 is 1. The third-order valence-electron chi connectivity index (χ3n) is 1.32. The summed E-state index contributed by atoms with van der Waals surface area (Å²) in [5.74, 6) is -1.91. The van der Waals surface area contributed by atoms with Crippen LogP contribution in [0.1, 0.15) is 10.4 Å². The van der Waals surface area contributed by atoms with Gasteiger partial charge in [0.2, 0.25) is 0 Å². The van der Waals surface area contributed by atoms with Crippen LogP contribution >= 0.6 is 0 Å². The Labute approximate surface area is 68.2 Å². The van der Waals surface area contributed by atoms with Crippen LogP contribution in [-0.4, -0.2) is 18.1 Å². The van der Waals surface area contributed by atoms with E-state index in [1.54, 1.807) is 0 Å². The molecule has 0 unspecified atom stereocenters. The molecule has 12 heavy (non-hydrogen) atoms. The molecule has 64 valence electrons. The van der Waals surface area contributed by atoms with Gasteiger partial charge in [0.25, 0.3) is 0 Å². The van der Waals surface area contributed by atoms with E-state index in [1.807, 2.05) is 0 Å². The average molecular weight is 170 g/mol. The van der Waals surface area contributed by atoms with Crippen LogP contribution in [0.5, 0.6) is 0 Å². The number of ether oxygens (including phenoxy) is 1. The summed E-state index contributed by atoms with van der Waals surface area (Å²) >= 11 is 0. The molecule has 2 N–H and O–H groups in total. The Morgan fingerprint density at radius 3 is 3.00 bits per heavy atom. The van der Waals surface area contributed by atoms with Crippen LogP contribution in [0.25, 0.3) is 0 Å². The number of nitrogen functional groups attached to an aromatic ring is 1. The summed E-state index contributed by atoms with van der Waals surface area (Å²) in [6.07, 6.45) is 1.24. The molecule has 1 heterocycles. The topological polar surface area (TPSA) is 65.2 Å². The molecule has 0 spiro atoms. The van der Waals surface area contributed by atoms with Gasteiger partial charge < -0.3 is 10.5 Å². The maximum atomic E-state index is 13.0. The standard InChI is InChI=1S/C7H7FN2O2/c1-12-7(11)4-2-3-10-6(9)5(4)8/h2-3H,1H3,(H2,9,10). The number of aromatic nitrogens is 1. The number of pyridine rings is 1. The third kappa shape index (κ3) is 1.34. The van der Waals surface area contributed by atoms with Gasteiger partial charge in [0.1, 0.15) is 5.56 Å². The van der Waals surface area contributed by atoms with Crippen LogP contribution in [-0.2, 0) is 4.74 Å². The van der Waals surface area contributed by atoms with Crippen molar-refractivity contribution in [1.29, 1.82) is 0 Å². The SMILES string of the molecule is COC(=O)c1ccnc(N)c1F. The van der Waals surface area contributed by atoms with E-state index in [0.29, 0.717) is 0 Å². The predicted octanol–water partition coefficient (Wildman–Crippen LogP) is 0.590. The molecule has 4 nitrogen and oxygen atoms in total. The Morgan fingerprint density at radius 2 is 2.42 bits per heavy atom. The molecule has 5 heteroatoms. The van der Waals surface area contributed by atoms with Crippen LogP contribution in [0.4, 0.5) is 10.2 Å². The van der Waals surface area contributed by atoms with E-state index in [1.165, 1.54) is 19.4 Å². The van der Waals surface area contributed by atoms with Gasteiger partial charge >= 0.3 is 5.97 Å². The summed E-state index contributed by atoms with van der Waals surface area (Å²) in [5.41, 5.74) is 4.92. The van der Waals surface area contributed by atoms with Crippen molar-refractivity contribution in [3.05, 3.63) is 23.6 Å². The molecule has 0 bridgehead atoms. The highest BCUT2D eigenvalue weighted by Gasteiger charge is 2.13. The first kappa shape index (κ1) is 8.45. The molecule has 1 aromatic rings. The van der Waals surface area contributed by atoms with Crippen molar-refractivity contribution >= 4 is 11.8 Å². The molecule has 1 rings (SSSR count). The molecular weight excluding hydrogens is 163 g/mol. The van der Waals surface area contributed by atoms with Crippen molar-refractivity contribution in [3.63, 3.8) is 0 Å². The lowest BCUT2D eigenvalue weighted by molar-refractivity contribution is 0.0595. The van der Waals surface area contributed by atoms with Gasteiger partial charge in [-0.25, -0.2) is 14.2 Å². The van der Waals surface area contributed by atoms with Gasteiger partial charge in [0, 0.05) is 6.20 Å². The zero-order valence-corrected chi connectivity index (χ0v) is 6.37. The summed E-state index contributed by atoms with van der Waals surface area (Å²) in [5, 5.41) is 0. The molecule has 0 aliphatic carbocycles. The molecule has 0 aromatic carbocycles. The van der Waals surface area contributed by atoms with Crippen molar-refractivity contribution in [2.75, 3.05) is 12.8 Å². The zero-order valence-electron chi connectivity index (χ0n) is 6.37. The van der Waals surface area contributed by atoms with Gasteiger partial charge in [-0.2, -0.15) is 0 Å². The van der Waals surface area contributed by atoms with Crippen LogP contribution < -0.4 is 5.73 Å². The fraction of sp³-hybridized carbons (Fsp3) is 0.143. The summed E-state index contributed by atoms with van der Waals surface area (Å²) in [6, 6.07) is 1.21. The van der Waals surface area contributed by atoms with E-state index < -0.39 is 11.8 Å². The Kier molecular flexibility index (Phi) is 2.23. The highest BCUT2D eigenvalue weighted by atomic mass is 19.1. The first-order valence-corrected chi connectivity index (χ1v) is 3.15. The Morgan fingerprint density at radius 1 is 1.75 bits per heavy atom. The lowest BCUT2D eigenvalue weighted by atomic mass is 10.2. The van der Waals surface area contributed by atoms with E-state index in [-0.39, 0.29) is 11.4 Å². The molecule has 0 fully saturated rings. The van der Waals surface area contributed by atoms with Crippen LogP contribution in [0.2, 0.25) is 0 Å². The minimum Gasteiger partial charge on any atom is -0.465 e. The smallest absolute Gasteiger partial charge is 0.341 e. The van der Waals surface area contributed by atoms with Crippen molar-refractivity contribution in [2.24, 2.45) is 0 Å². The highest BCUT2D eigenvalue weighted by Crippen LogP contribution is 2.12. The monoisotopic (exact) mass is 170 g/mol. The maximum absolute atomic E-state index is 13.0. The van der Waals surface area contributed by atoms with Gasteiger partial charge in [-0.15, -0.1) is 0 Å². The number of carbonyl (C=O) groups is 1. The normalized spacial score (nSPS) is 9.50.